The third-order valence-corrected chi connectivity index (χ3v) is 5.09. The highest BCUT2D eigenvalue weighted by molar-refractivity contribution is 5.95. The van der Waals surface area contributed by atoms with Crippen molar-refractivity contribution in [2.45, 2.75) is 71.1 Å². The smallest absolute Gasteiger partial charge is 0.335 e. The van der Waals surface area contributed by atoms with Gasteiger partial charge in [-0.25, -0.2) is 4.79 Å². The Kier molecular flexibility index (Phi) is 7.94. The standard InChI is InChI=1S/C24H32N2O3/c1-5-6-7-9-17(19-10-8-13-25-16-19)15-22(27)26-21-14-18(23(28)29)11-12-20(21)24(2,3)4/h8,10-14,16-17H,5-7,9,15H2,1-4H3,(H,26,27)(H,28,29). The summed E-state index contributed by atoms with van der Waals surface area (Å²) in [6.45, 7) is 8.29. The normalized spacial score (nSPS) is 12.4. The van der Waals surface area contributed by atoms with Crippen molar-refractivity contribution < 1.29 is 14.7 Å². The summed E-state index contributed by atoms with van der Waals surface area (Å²) in [5.41, 5.74) is 2.50. The second-order valence-corrected chi connectivity index (χ2v) is 8.55. The molecule has 2 N–H and O–H groups in total. The molecule has 1 unspecified atom stereocenters. The van der Waals surface area contributed by atoms with Crippen LogP contribution in [-0.2, 0) is 10.2 Å². The van der Waals surface area contributed by atoms with Crippen LogP contribution in [0.15, 0.2) is 42.7 Å². The topological polar surface area (TPSA) is 79.3 Å². The fraction of sp³-hybridized carbons (Fsp3) is 0.458. The number of aromatic carboxylic acids is 1. The molecule has 1 aromatic carbocycles. The molecule has 0 aliphatic carbocycles. The van der Waals surface area contributed by atoms with Crippen LogP contribution >= 0.6 is 0 Å². The van der Waals surface area contributed by atoms with Crippen LogP contribution in [0.25, 0.3) is 0 Å². The van der Waals surface area contributed by atoms with Gasteiger partial charge in [0.1, 0.15) is 0 Å². The molecule has 2 rings (SSSR count). The maximum absolute atomic E-state index is 12.9. The Hall–Kier alpha value is -2.69. The summed E-state index contributed by atoms with van der Waals surface area (Å²) < 4.78 is 0. The van der Waals surface area contributed by atoms with Crippen molar-refractivity contribution in [1.29, 1.82) is 0 Å². The molecule has 0 saturated carbocycles. The number of hydrogen-bond acceptors (Lipinski definition) is 3. The predicted octanol–water partition coefficient (Wildman–Crippen LogP) is 5.77. The molecule has 0 aliphatic heterocycles. The molecule has 29 heavy (non-hydrogen) atoms. The Morgan fingerprint density at radius 2 is 1.93 bits per heavy atom. The molecule has 0 bridgehead atoms. The number of nitrogens with zero attached hydrogens (tertiary/aromatic N) is 1. The Morgan fingerprint density at radius 1 is 1.17 bits per heavy atom. The molecule has 0 spiro atoms. The van der Waals surface area contributed by atoms with Gasteiger partial charge in [0.2, 0.25) is 5.91 Å². The highest BCUT2D eigenvalue weighted by Crippen LogP contribution is 2.32. The van der Waals surface area contributed by atoms with Gasteiger partial charge in [0.15, 0.2) is 0 Å². The Morgan fingerprint density at radius 3 is 2.52 bits per heavy atom. The lowest BCUT2D eigenvalue weighted by atomic mass is 9.85. The zero-order valence-electron chi connectivity index (χ0n) is 17.9. The summed E-state index contributed by atoms with van der Waals surface area (Å²) >= 11 is 0. The van der Waals surface area contributed by atoms with Gasteiger partial charge in [-0.05, 0) is 47.1 Å². The summed E-state index contributed by atoms with van der Waals surface area (Å²) in [5, 5.41) is 12.3. The first-order valence-corrected chi connectivity index (χ1v) is 10.3. The molecular weight excluding hydrogens is 364 g/mol. The Balaban J connectivity index is 2.22. The van der Waals surface area contributed by atoms with E-state index in [-0.39, 0.29) is 22.8 Å². The number of pyridine rings is 1. The number of nitrogens with one attached hydrogen (secondary N) is 1. The van der Waals surface area contributed by atoms with Gasteiger partial charge in [-0.1, -0.05) is 59.1 Å². The molecule has 0 saturated heterocycles. The molecule has 5 nitrogen and oxygen atoms in total. The average molecular weight is 397 g/mol. The number of rotatable bonds is 9. The monoisotopic (exact) mass is 396 g/mol. The number of carbonyl (C=O) groups excluding carboxylic acids is 1. The number of carboxylic acid groups (broad SMARTS) is 1. The van der Waals surface area contributed by atoms with Crippen molar-refractivity contribution in [3.8, 4) is 0 Å². The molecule has 0 radical (unpaired) electrons. The lowest BCUT2D eigenvalue weighted by Gasteiger charge is -2.24. The highest BCUT2D eigenvalue weighted by atomic mass is 16.4. The van der Waals surface area contributed by atoms with E-state index in [1.807, 2.05) is 39.1 Å². The van der Waals surface area contributed by atoms with Gasteiger partial charge in [-0.15, -0.1) is 0 Å². The number of benzene rings is 1. The van der Waals surface area contributed by atoms with Crippen LogP contribution in [0, 0.1) is 0 Å². The van der Waals surface area contributed by atoms with Crippen molar-refractivity contribution in [3.63, 3.8) is 0 Å². The zero-order valence-corrected chi connectivity index (χ0v) is 17.9. The van der Waals surface area contributed by atoms with E-state index in [0.29, 0.717) is 12.1 Å². The maximum Gasteiger partial charge on any atom is 0.335 e. The van der Waals surface area contributed by atoms with E-state index >= 15 is 0 Å². The third kappa shape index (κ3) is 6.70. The first-order chi connectivity index (χ1) is 13.7. The fourth-order valence-electron chi connectivity index (χ4n) is 3.50. The summed E-state index contributed by atoms with van der Waals surface area (Å²) in [4.78, 5) is 28.5. The van der Waals surface area contributed by atoms with Crippen molar-refractivity contribution in [2.24, 2.45) is 0 Å². The summed E-state index contributed by atoms with van der Waals surface area (Å²) in [7, 11) is 0. The second kappa shape index (κ2) is 10.2. The van der Waals surface area contributed by atoms with Crippen LogP contribution < -0.4 is 5.32 Å². The fourth-order valence-corrected chi connectivity index (χ4v) is 3.50. The lowest BCUT2D eigenvalue weighted by molar-refractivity contribution is -0.116. The van der Waals surface area contributed by atoms with Crippen molar-refractivity contribution >= 4 is 17.6 Å². The lowest BCUT2D eigenvalue weighted by Crippen LogP contribution is -2.21. The van der Waals surface area contributed by atoms with Gasteiger partial charge in [0.05, 0.1) is 5.56 Å². The predicted molar refractivity (Wildman–Crippen MR) is 116 cm³/mol. The minimum absolute atomic E-state index is 0.0935. The summed E-state index contributed by atoms with van der Waals surface area (Å²) in [6, 6.07) is 8.84. The van der Waals surface area contributed by atoms with E-state index in [4.69, 9.17) is 0 Å². The zero-order chi connectivity index (χ0) is 21.4. The first kappa shape index (κ1) is 22.6. The largest absolute Gasteiger partial charge is 0.478 e. The van der Waals surface area contributed by atoms with Crippen LogP contribution in [-0.4, -0.2) is 22.0 Å². The van der Waals surface area contributed by atoms with Crippen LogP contribution in [0.3, 0.4) is 0 Å². The molecule has 1 atom stereocenters. The van der Waals surface area contributed by atoms with Gasteiger partial charge in [-0.3, -0.25) is 9.78 Å². The number of carbonyl (C=O) groups is 2. The number of carboxylic acids is 1. The first-order valence-electron chi connectivity index (χ1n) is 10.3. The van der Waals surface area contributed by atoms with Crippen LogP contribution in [0.1, 0.15) is 87.2 Å². The SMILES string of the molecule is CCCCCC(CC(=O)Nc1cc(C(=O)O)ccc1C(C)(C)C)c1cccnc1. The number of aromatic nitrogens is 1. The minimum Gasteiger partial charge on any atom is -0.478 e. The number of anilines is 1. The van der Waals surface area contributed by atoms with E-state index < -0.39 is 5.97 Å². The Labute approximate surface area is 173 Å². The highest BCUT2D eigenvalue weighted by Gasteiger charge is 2.22. The summed E-state index contributed by atoms with van der Waals surface area (Å²) in [6.07, 6.45) is 8.15. The number of unbranched alkanes of at least 4 members (excludes halogenated alkanes) is 2. The van der Waals surface area contributed by atoms with E-state index in [9.17, 15) is 14.7 Å². The van der Waals surface area contributed by atoms with Crippen LogP contribution in [0.4, 0.5) is 5.69 Å². The van der Waals surface area contributed by atoms with E-state index in [0.717, 1.165) is 36.8 Å². The molecule has 5 heteroatoms. The van der Waals surface area contributed by atoms with Crippen molar-refractivity contribution in [2.75, 3.05) is 5.32 Å². The molecule has 1 heterocycles. The minimum atomic E-state index is -1.01. The van der Waals surface area contributed by atoms with Gasteiger partial charge in [0, 0.05) is 24.5 Å². The summed E-state index contributed by atoms with van der Waals surface area (Å²) in [5.74, 6) is -1.02. The van der Waals surface area contributed by atoms with Crippen LogP contribution in [0.5, 0.6) is 0 Å². The Bertz CT molecular complexity index is 826. The molecule has 156 valence electrons. The van der Waals surface area contributed by atoms with E-state index in [1.54, 1.807) is 24.4 Å². The quantitative estimate of drug-likeness (QED) is 0.527. The second-order valence-electron chi connectivity index (χ2n) is 8.55. The molecule has 1 aromatic heterocycles. The molecule has 2 aromatic rings. The number of amides is 1. The van der Waals surface area contributed by atoms with Gasteiger partial charge in [0.25, 0.3) is 0 Å². The third-order valence-electron chi connectivity index (χ3n) is 5.09. The van der Waals surface area contributed by atoms with Crippen LogP contribution in [0.2, 0.25) is 0 Å². The average Bonchev–Trinajstić information content (AvgIpc) is 2.67. The maximum atomic E-state index is 12.9. The van der Waals surface area contributed by atoms with Gasteiger partial charge >= 0.3 is 5.97 Å². The van der Waals surface area contributed by atoms with E-state index in [1.165, 1.54) is 0 Å². The van der Waals surface area contributed by atoms with Gasteiger partial charge in [-0.2, -0.15) is 0 Å². The molecule has 1 amide bonds. The van der Waals surface area contributed by atoms with Crippen molar-refractivity contribution in [1.82, 2.24) is 4.98 Å². The molecule has 0 fully saturated rings. The number of hydrogen-bond donors (Lipinski definition) is 2. The molecule has 0 aliphatic rings. The molecular formula is C24H32N2O3. The van der Waals surface area contributed by atoms with Crippen molar-refractivity contribution in [3.05, 3.63) is 59.4 Å². The van der Waals surface area contributed by atoms with Gasteiger partial charge < -0.3 is 10.4 Å². The van der Waals surface area contributed by atoms with E-state index in [2.05, 4.69) is 17.2 Å².